The van der Waals surface area contributed by atoms with E-state index in [4.69, 9.17) is 0 Å². The zero-order valence-corrected chi connectivity index (χ0v) is 16.9. The van der Waals surface area contributed by atoms with Crippen LogP contribution in [0.4, 0.5) is 5.69 Å². The molecule has 1 aromatic carbocycles. The van der Waals surface area contributed by atoms with Gasteiger partial charge in [0, 0.05) is 52.8 Å². The standard InChI is InChI=1S/C21H29N3O4/c1-22(2)16-7-4-15(5-8-16)6-9-18(25)24-12-10-21(11-13-24)17(20(27)28)14-19(26)23(21)3/h4-5,7-8,17H,6,9-14H2,1-3H3,(H,27,28)/t17-/m0/s1. The van der Waals surface area contributed by atoms with Crippen molar-refractivity contribution in [3.8, 4) is 0 Å². The van der Waals surface area contributed by atoms with Crippen molar-refractivity contribution in [2.75, 3.05) is 39.1 Å². The van der Waals surface area contributed by atoms with Gasteiger partial charge in [0.25, 0.3) is 0 Å². The second-order valence-electron chi connectivity index (χ2n) is 8.09. The van der Waals surface area contributed by atoms with Crippen molar-refractivity contribution in [2.24, 2.45) is 5.92 Å². The lowest BCUT2D eigenvalue weighted by molar-refractivity contribution is -0.147. The molecule has 7 nitrogen and oxygen atoms in total. The summed E-state index contributed by atoms with van der Waals surface area (Å²) in [6, 6.07) is 8.18. The maximum Gasteiger partial charge on any atom is 0.309 e. The zero-order valence-electron chi connectivity index (χ0n) is 16.9. The largest absolute Gasteiger partial charge is 0.481 e. The van der Waals surface area contributed by atoms with E-state index in [9.17, 15) is 19.5 Å². The molecule has 3 rings (SSSR count). The van der Waals surface area contributed by atoms with Crippen LogP contribution < -0.4 is 4.90 Å². The Hall–Kier alpha value is -2.57. The van der Waals surface area contributed by atoms with Gasteiger partial charge in [-0.3, -0.25) is 14.4 Å². The third kappa shape index (κ3) is 3.70. The summed E-state index contributed by atoms with van der Waals surface area (Å²) in [6.07, 6.45) is 2.23. The maximum atomic E-state index is 12.6. The number of benzene rings is 1. The second kappa shape index (κ2) is 7.81. The molecule has 0 aliphatic carbocycles. The van der Waals surface area contributed by atoms with Gasteiger partial charge in [0.1, 0.15) is 0 Å². The molecule has 1 spiro atoms. The van der Waals surface area contributed by atoms with Crippen LogP contribution in [-0.4, -0.2) is 72.5 Å². The first-order valence-electron chi connectivity index (χ1n) is 9.78. The Morgan fingerprint density at radius 1 is 1.18 bits per heavy atom. The van der Waals surface area contributed by atoms with Gasteiger partial charge in [-0.15, -0.1) is 0 Å². The van der Waals surface area contributed by atoms with Crippen molar-refractivity contribution >= 4 is 23.5 Å². The number of carboxylic acids is 1. The van der Waals surface area contributed by atoms with Crippen molar-refractivity contribution in [1.82, 2.24) is 9.80 Å². The number of carboxylic acid groups (broad SMARTS) is 1. The van der Waals surface area contributed by atoms with Gasteiger partial charge >= 0.3 is 5.97 Å². The van der Waals surface area contributed by atoms with Crippen LogP contribution in [0.2, 0.25) is 0 Å². The van der Waals surface area contributed by atoms with E-state index in [1.807, 2.05) is 48.2 Å². The van der Waals surface area contributed by atoms with Gasteiger partial charge in [-0.05, 0) is 37.0 Å². The molecule has 1 aromatic rings. The predicted molar refractivity (Wildman–Crippen MR) is 106 cm³/mol. The average molecular weight is 387 g/mol. The highest BCUT2D eigenvalue weighted by atomic mass is 16.4. The number of nitrogens with zero attached hydrogens (tertiary/aromatic N) is 3. The number of aliphatic carboxylic acids is 1. The van der Waals surface area contributed by atoms with Crippen LogP contribution in [-0.2, 0) is 20.8 Å². The third-order valence-corrected chi connectivity index (χ3v) is 6.43. The fourth-order valence-electron chi connectivity index (χ4n) is 4.50. The van der Waals surface area contributed by atoms with Crippen LogP contribution >= 0.6 is 0 Å². The number of rotatable bonds is 5. The molecule has 2 fully saturated rings. The fourth-order valence-corrected chi connectivity index (χ4v) is 4.50. The average Bonchev–Trinajstić information content (AvgIpc) is 2.92. The van der Waals surface area contributed by atoms with Crippen LogP contribution in [0.5, 0.6) is 0 Å². The number of amides is 2. The van der Waals surface area contributed by atoms with Crippen LogP contribution in [0.3, 0.4) is 0 Å². The molecule has 2 saturated heterocycles. The summed E-state index contributed by atoms with van der Waals surface area (Å²) in [5.74, 6) is -1.63. The van der Waals surface area contributed by atoms with Crippen molar-refractivity contribution in [2.45, 2.75) is 37.6 Å². The van der Waals surface area contributed by atoms with E-state index in [1.165, 1.54) is 0 Å². The first-order valence-corrected chi connectivity index (χ1v) is 9.78. The first-order chi connectivity index (χ1) is 13.2. The lowest BCUT2D eigenvalue weighted by Gasteiger charge is -2.45. The van der Waals surface area contributed by atoms with Gasteiger partial charge in [-0.1, -0.05) is 12.1 Å². The molecule has 1 atom stereocenters. The number of aryl methyl sites for hydroxylation is 1. The maximum absolute atomic E-state index is 12.6. The highest BCUT2D eigenvalue weighted by molar-refractivity contribution is 5.88. The van der Waals surface area contributed by atoms with E-state index >= 15 is 0 Å². The van der Waals surface area contributed by atoms with Crippen LogP contribution in [0.15, 0.2) is 24.3 Å². The van der Waals surface area contributed by atoms with Crippen molar-refractivity contribution in [3.05, 3.63) is 29.8 Å². The minimum absolute atomic E-state index is 0.0583. The van der Waals surface area contributed by atoms with E-state index in [2.05, 4.69) is 0 Å². The lowest BCUT2D eigenvalue weighted by Crippen LogP contribution is -2.57. The highest BCUT2D eigenvalue weighted by Gasteiger charge is 2.55. The Bertz CT molecular complexity index is 751. The normalized spacial score (nSPS) is 21.2. The molecule has 28 heavy (non-hydrogen) atoms. The van der Waals surface area contributed by atoms with Crippen molar-refractivity contribution in [1.29, 1.82) is 0 Å². The Labute approximate surface area is 165 Å². The summed E-state index contributed by atoms with van der Waals surface area (Å²) in [5.41, 5.74) is 1.60. The van der Waals surface area contributed by atoms with Crippen molar-refractivity contribution < 1.29 is 19.5 Å². The van der Waals surface area contributed by atoms with Crippen LogP contribution in [0, 0.1) is 5.92 Å². The van der Waals surface area contributed by atoms with Gasteiger partial charge in [0.05, 0.1) is 11.5 Å². The molecule has 2 heterocycles. The molecule has 0 saturated carbocycles. The monoisotopic (exact) mass is 387 g/mol. The van der Waals surface area contributed by atoms with Gasteiger partial charge in [0.2, 0.25) is 11.8 Å². The third-order valence-electron chi connectivity index (χ3n) is 6.43. The summed E-state index contributed by atoms with van der Waals surface area (Å²) < 4.78 is 0. The van der Waals surface area contributed by atoms with Gasteiger partial charge in [-0.2, -0.15) is 0 Å². The molecule has 7 heteroatoms. The quantitative estimate of drug-likeness (QED) is 0.830. The van der Waals surface area contributed by atoms with Crippen molar-refractivity contribution in [3.63, 3.8) is 0 Å². The summed E-state index contributed by atoms with van der Waals surface area (Å²) >= 11 is 0. The summed E-state index contributed by atoms with van der Waals surface area (Å²) in [6.45, 7) is 1.000. The number of carbonyl (C=O) groups excluding carboxylic acids is 2. The molecule has 0 aromatic heterocycles. The minimum atomic E-state index is -0.918. The molecule has 2 amide bonds. The topological polar surface area (TPSA) is 81.2 Å². The van der Waals surface area contributed by atoms with E-state index in [0.717, 1.165) is 11.3 Å². The molecule has 1 N–H and O–H groups in total. The van der Waals surface area contributed by atoms with Gasteiger partial charge in [0.15, 0.2) is 0 Å². The van der Waals surface area contributed by atoms with Crippen LogP contribution in [0.1, 0.15) is 31.2 Å². The number of likely N-dealkylation sites (tertiary alicyclic amines) is 2. The second-order valence-corrected chi connectivity index (χ2v) is 8.09. The molecule has 0 bridgehead atoms. The molecular formula is C21H29N3O4. The van der Waals surface area contributed by atoms with E-state index in [1.54, 1.807) is 11.9 Å². The molecule has 2 aliphatic heterocycles. The van der Waals surface area contributed by atoms with Gasteiger partial charge < -0.3 is 19.8 Å². The van der Waals surface area contributed by atoms with E-state index < -0.39 is 17.4 Å². The molecular weight excluding hydrogens is 358 g/mol. The zero-order chi connectivity index (χ0) is 20.5. The smallest absolute Gasteiger partial charge is 0.309 e. The number of piperidine rings is 1. The summed E-state index contributed by atoms with van der Waals surface area (Å²) in [7, 11) is 5.68. The predicted octanol–water partition coefficient (Wildman–Crippen LogP) is 1.61. The number of hydrogen-bond acceptors (Lipinski definition) is 4. The fraction of sp³-hybridized carbons (Fsp3) is 0.571. The first kappa shape index (κ1) is 20.2. The molecule has 152 valence electrons. The summed E-state index contributed by atoms with van der Waals surface area (Å²) in [4.78, 5) is 41.8. The van der Waals surface area contributed by atoms with E-state index in [-0.39, 0.29) is 18.2 Å². The molecule has 0 unspecified atom stereocenters. The Morgan fingerprint density at radius 2 is 1.79 bits per heavy atom. The van der Waals surface area contributed by atoms with Gasteiger partial charge in [-0.25, -0.2) is 0 Å². The number of anilines is 1. The van der Waals surface area contributed by atoms with Crippen LogP contribution in [0.25, 0.3) is 0 Å². The summed E-state index contributed by atoms with van der Waals surface area (Å²) in [5, 5.41) is 9.54. The highest BCUT2D eigenvalue weighted by Crippen LogP contribution is 2.42. The lowest BCUT2D eigenvalue weighted by atomic mass is 9.77. The number of hydrogen-bond donors (Lipinski definition) is 1. The Balaban J connectivity index is 1.56. The molecule has 2 aliphatic rings. The SMILES string of the molecule is CN(C)c1ccc(CCC(=O)N2CCC3(CC2)[C@H](C(=O)O)CC(=O)N3C)cc1. The number of carbonyl (C=O) groups is 3. The van der Waals surface area contributed by atoms with E-state index in [0.29, 0.717) is 38.8 Å². The minimum Gasteiger partial charge on any atom is -0.481 e. The Morgan fingerprint density at radius 3 is 2.32 bits per heavy atom. The Kier molecular flexibility index (Phi) is 5.63. The molecule has 0 radical (unpaired) electrons.